The van der Waals surface area contributed by atoms with Gasteiger partial charge in [-0.3, -0.25) is 4.98 Å². The van der Waals surface area contributed by atoms with Gasteiger partial charge in [0.25, 0.3) is 0 Å². The third kappa shape index (κ3) is 6.25. The maximum atomic E-state index is 12.5. The van der Waals surface area contributed by atoms with E-state index in [9.17, 15) is 4.79 Å². The molecule has 0 bridgehead atoms. The second-order valence-electron chi connectivity index (χ2n) is 9.62. The van der Waals surface area contributed by atoms with Gasteiger partial charge < -0.3 is 19.4 Å². The minimum Gasteiger partial charge on any atom is -0.497 e. The summed E-state index contributed by atoms with van der Waals surface area (Å²) in [7, 11) is 3.63. The largest absolute Gasteiger partial charge is 0.497 e. The van der Waals surface area contributed by atoms with Gasteiger partial charge in [-0.15, -0.1) is 0 Å². The molecule has 0 aliphatic rings. The number of carbonyl (C=O) groups is 1. The lowest BCUT2D eigenvalue weighted by atomic mass is 10.1. The number of benzene rings is 2. The van der Waals surface area contributed by atoms with Crippen LogP contribution < -0.4 is 10.1 Å². The molecule has 6 nitrogen and oxygen atoms in total. The summed E-state index contributed by atoms with van der Waals surface area (Å²) in [6, 6.07) is 19.7. The molecule has 0 saturated heterocycles. The van der Waals surface area contributed by atoms with Crippen molar-refractivity contribution in [2.75, 3.05) is 7.11 Å². The van der Waals surface area contributed by atoms with Gasteiger partial charge in [-0.2, -0.15) is 0 Å². The van der Waals surface area contributed by atoms with Crippen molar-refractivity contribution in [2.45, 2.75) is 38.8 Å². The minimum absolute atomic E-state index is 0.431. The van der Waals surface area contributed by atoms with Gasteiger partial charge >= 0.3 is 6.09 Å². The van der Waals surface area contributed by atoms with Crippen LogP contribution in [0.4, 0.5) is 4.79 Å². The Kier molecular flexibility index (Phi) is 7.30. The van der Waals surface area contributed by atoms with E-state index in [2.05, 4.69) is 51.0 Å². The highest BCUT2D eigenvalue weighted by Gasteiger charge is 2.19. The van der Waals surface area contributed by atoms with Crippen molar-refractivity contribution in [1.29, 1.82) is 0 Å². The molecule has 4 rings (SSSR count). The summed E-state index contributed by atoms with van der Waals surface area (Å²) in [5.41, 5.74) is 3.45. The first-order chi connectivity index (χ1) is 17.2. The van der Waals surface area contributed by atoms with Gasteiger partial charge in [0, 0.05) is 36.9 Å². The number of hydrogen-bond acceptors (Lipinski definition) is 4. The highest BCUT2D eigenvalue weighted by molar-refractivity contribution is 5.86. The van der Waals surface area contributed by atoms with E-state index < -0.39 is 17.7 Å². The van der Waals surface area contributed by atoms with Crippen LogP contribution in [0.3, 0.4) is 0 Å². The monoisotopic (exact) mass is 481 g/mol. The molecular weight excluding hydrogens is 450 g/mol. The van der Waals surface area contributed by atoms with Crippen molar-refractivity contribution in [3.8, 4) is 28.8 Å². The van der Waals surface area contributed by atoms with Crippen LogP contribution in [0, 0.1) is 11.8 Å². The molecule has 2 aromatic carbocycles. The SMILES string of the molecule is COc1ccc(C[C@@H](C#Cc2ccc(-c3ccc4cnccc4c3)n2C)NC(=O)OC(C)(C)C)cc1. The number of hydrogen-bond donors (Lipinski definition) is 1. The first kappa shape index (κ1) is 24.9. The molecule has 0 radical (unpaired) electrons. The average molecular weight is 482 g/mol. The molecule has 2 aromatic heterocycles. The number of alkyl carbamates (subject to hydrolysis) is 1. The van der Waals surface area contributed by atoms with E-state index in [-0.39, 0.29) is 0 Å². The maximum absolute atomic E-state index is 12.5. The van der Waals surface area contributed by atoms with Crippen molar-refractivity contribution in [3.63, 3.8) is 0 Å². The molecule has 184 valence electrons. The van der Waals surface area contributed by atoms with E-state index in [0.717, 1.165) is 39.0 Å². The van der Waals surface area contributed by atoms with Gasteiger partial charge in [-0.25, -0.2) is 4.79 Å². The lowest BCUT2D eigenvalue weighted by Gasteiger charge is -2.21. The minimum atomic E-state index is -0.592. The zero-order valence-electron chi connectivity index (χ0n) is 21.3. The molecule has 6 heteroatoms. The maximum Gasteiger partial charge on any atom is 0.408 e. The van der Waals surface area contributed by atoms with Crippen LogP contribution in [0.15, 0.2) is 73.1 Å². The van der Waals surface area contributed by atoms with Crippen LogP contribution in [-0.2, 0) is 18.2 Å². The van der Waals surface area contributed by atoms with Crippen LogP contribution in [0.25, 0.3) is 22.0 Å². The van der Waals surface area contributed by atoms with Crippen LogP contribution >= 0.6 is 0 Å². The number of ether oxygens (including phenoxy) is 2. The van der Waals surface area contributed by atoms with Crippen molar-refractivity contribution >= 4 is 16.9 Å². The third-order valence-corrected chi connectivity index (χ3v) is 5.72. The molecule has 0 aliphatic heterocycles. The molecule has 4 aromatic rings. The zero-order valence-corrected chi connectivity index (χ0v) is 21.3. The first-order valence-electron chi connectivity index (χ1n) is 11.9. The van der Waals surface area contributed by atoms with Gasteiger partial charge in [0.2, 0.25) is 0 Å². The standard InChI is InChI=1S/C30H31N3O3/c1-30(2,3)36-29(34)32-25(18-21-6-13-27(35-5)14-7-21)10-11-26-12-15-28(33(26)4)23-8-9-24-20-31-17-16-22(24)19-23/h6-9,12-17,19-20,25H,18H2,1-5H3,(H,32,34)/t25-/m1/s1. The number of carbonyl (C=O) groups excluding carboxylic acids is 1. The molecular formula is C30H31N3O3. The fourth-order valence-corrected chi connectivity index (χ4v) is 3.92. The van der Waals surface area contributed by atoms with Crippen LogP contribution in [0.1, 0.15) is 32.0 Å². The van der Waals surface area contributed by atoms with Gasteiger partial charge in [-0.1, -0.05) is 30.2 Å². The summed E-state index contributed by atoms with van der Waals surface area (Å²) in [6.45, 7) is 5.52. The highest BCUT2D eigenvalue weighted by Crippen LogP contribution is 2.25. The second kappa shape index (κ2) is 10.6. The Hall–Kier alpha value is -4.24. The number of nitrogens with zero attached hydrogens (tertiary/aromatic N) is 2. The molecule has 1 atom stereocenters. The Bertz CT molecular complexity index is 1420. The Morgan fingerprint density at radius 2 is 1.83 bits per heavy atom. The second-order valence-corrected chi connectivity index (χ2v) is 9.62. The van der Waals surface area contributed by atoms with E-state index in [0.29, 0.717) is 6.42 Å². The van der Waals surface area contributed by atoms with E-state index in [1.165, 1.54) is 0 Å². The quantitative estimate of drug-likeness (QED) is 0.370. The van der Waals surface area contributed by atoms with Crippen molar-refractivity contribution in [1.82, 2.24) is 14.9 Å². The summed E-state index contributed by atoms with van der Waals surface area (Å²) in [5, 5.41) is 5.16. The fourth-order valence-electron chi connectivity index (χ4n) is 3.92. The predicted molar refractivity (Wildman–Crippen MR) is 143 cm³/mol. The van der Waals surface area contributed by atoms with Crippen molar-refractivity contribution < 1.29 is 14.3 Å². The molecule has 0 fully saturated rings. The molecule has 36 heavy (non-hydrogen) atoms. The Morgan fingerprint density at radius 3 is 2.56 bits per heavy atom. The third-order valence-electron chi connectivity index (χ3n) is 5.72. The number of methoxy groups -OCH3 is 1. The molecule has 1 amide bonds. The Balaban J connectivity index is 1.59. The topological polar surface area (TPSA) is 65.4 Å². The number of amides is 1. The molecule has 0 saturated carbocycles. The number of fused-ring (bicyclic) bond motifs is 1. The molecule has 0 spiro atoms. The summed E-state index contributed by atoms with van der Waals surface area (Å²) in [5.74, 6) is 7.28. The highest BCUT2D eigenvalue weighted by atomic mass is 16.6. The molecule has 1 N–H and O–H groups in total. The van der Waals surface area contributed by atoms with Gasteiger partial charge in [0.05, 0.1) is 18.8 Å². The van der Waals surface area contributed by atoms with Gasteiger partial charge in [0.15, 0.2) is 0 Å². The normalized spacial score (nSPS) is 11.9. The van der Waals surface area contributed by atoms with Crippen molar-refractivity contribution in [3.05, 3.63) is 84.3 Å². The van der Waals surface area contributed by atoms with E-state index >= 15 is 0 Å². The van der Waals surface area contributed by atoms with Crippen LogP contribution in [0.2, 0.25) is 0 Å². The summed E-state index contributed by atoms with van der Waals surface area (Å²) in [6.07, 6.45) is 3.70. The average Bonchev–Trinajstić information content (AvgIpc) is 3.21. The lowest BCUT2D eigenvalue weighted by molar-refractivity contribution is 0.0516. The summed E-state index contributed by atoms with van der Waals surface area (Å²) >= 11 is 0. The number of pyridine rings is 1. The molecule has 0 aliphatic carbocycles. The Morgan fingerprint density at radius 1 is 1.06 bits per heavy atom. The number of rotatable bonds is 5. The van der Waals surface area contributed by atoms with E-state index in [4.69, 9.17) is 9.47 Å². The Labute approximate surface area is 212 Å². The molecule has 2 heterocycles. The number of aromatic nitrogens is 2. The van der Waals surface area contributed by atoms with E-state index in [1.807, 2.05) is 70.4 Å². The predicted octanol–water partition coefficient (Wildman–Crippen LogP) is 5.74. The van der Waals surface area contributed by atoms with Crippen molar-refractivity contribution in [2.24, 2.45) is 7.05 Å². The molecule has 0 unspecified atom stereocenters. The van der Waals surface area contributed by atoms with Crippen LogP contribution in [-0.4, -0.2) is 34.4 Å². The van der Waals surface area contributed by atoms with Gasteiger partial charge in [0.1, 0.15) is 11.4 Å². The summed E-state index contributed by atoms with van der Waals surface area (Å²) in [4.78, 5) is 16.7. The summed E-state index contributed by atoms with van der Waals surface area (Å²) < 4.78 is 12.8. The first-order valence-corrected chi connectivity index (χ1v) is 11.9. The fraction of sp³-hybridized carbons (Fsp3) is 0.267. The number of nitrogens with one attached hydrogen (secondary N) is 1. The van der Waals surface area contributed by atoms with E-state index in [1.54, 1.807) is 13.3 Å². The van der Waals surface area contributed by atoms with Crippen LogP contribution in [0.5, 0.6) is 5.75 Å². The smallest absolute Gasteiger partial charge is 0.408 e. The zero-order chi connectivity index (χ0) is 25.7. The van der Waals surface area contributed by atoms with Gasteiger partial charge in [-0.05, 0) is 79.6 Å². The lowest BCUT2D eigenvalue weighted by Crippen LogP contribution is -2.39.